The van der Waals surface area contributed by atoms with Crippen LogP contribution in [0.2, 0.25) is 0 Å². The highest BCUT2D eigenvalue weighted by molar-refractivity contribution is 7.84. The lowest BCUT2D eigenvalue weighted by molar-refractivity contribution is 0.102. The molecule has 0 spiro atoms. The summed E-state index contributed by atoms with van der Waals surface area (Å²) < 4.78 is 13.3. The quantitative estimate of drug-likeness (QED) is 0.592. The molecule has 0 unspecified atom stereocenters. The van der Waals surface area contributed by atoms with Crippen molar-refractivity contribution in [3.05, 3.63) is 78.8 Å². The zero-order valence-electron chi connectivity index (χ0n) is 14.5. The first-order valence-corrected chi connectivity index (χ1v) is 9.81. The fourth-order valence-corrected chi connectivity index (χ4v) is 3.21. The van der Waals surface area contributed by atoms with Crippen LogP contribution in [-0.2, 0) is 10.8 Å². The Morgan fingerprint density at radius 3 is 2.48 bits per heavy atom. The standard InChI is InChI=1S/C20H16N4O2S/c1-27(26)17-9-5-15(6-10-17)19(25)22-16-7-3-14(4-8-16)18-13-24-12-2-11-21-20(24)23-18/h2-13H,1H3,(H,22,25)/t27-/m0/s1. The first-order valence-electron chi connectivity index (χ1n) is 8.25. The molecule has 0 fully saturated rings. The Morgan fingerprint density at radius 2 is 1.81 bits per heavy atom. The molecule has 0 saturated carbocycles. The summed E-state index contributed by atoms with van der Waals surface area (Å²) >= 11 is 0. The van der Waals surface area contributed by atoms with Crippen LogP contribution in [-0.4, -0.2) is 30.7 Å². The van der Waals surface area contributed by atoms with Crippen LogP contribution in [0.25, 0.3) is 17.0 Å². The molecule has 0 aliphatic rings. The molecular weight excluding hydrogens is 360 g/mol. The molecule has 2 aromatic heterocycles. The number of anilines is 1. The molecule has 2 aromatic carbocycles. The van der Waals surface area contributed by atoms with Crippen molar-refractivity contribution in [3.8, 4) is 11.3 Å². The minimum Gasteiger partial charge on any atom is -0.322 e. The summed E-state index contributed by atoms with van der Waals surface area (Å²) in [5.41, 5.74) is 2.96. The number of amides is 1. The van der Waals surface area contributed by atoms with Gasteiger partial charge in [0.1, 0.15) is 0 Å². The van der Waals surface area contributed by atoms with Gasteiger partial charge in [0.2, 0.25) is 5.78 Å². The lowest BCUT2D eigenvalue weighted by atomic mass is 10.1. The Balaban J connectivity index is 1.50. The van der Waals surface area contributed by atoms with E-state index in [-0.39, 0.29) is 5.91 Å². The average molecular weight is 376 g/mol. The molecule has 0 aliphatic heterocycles. The van der Waals surface area contributed by atoms with Crippen LogP contribution >= 0.6 is 0 Å². The molecule has 27 heavy (non-hydrogen) atoms. The number of carbonyl (C=O) groups excluding carboxylic acids is 1. The maximum Gasteiger partial charge on any atom is 0.255 e. The van der Waals surface area contributed by atoms with E-state index in [0.29, 0.717) is 21.9 Å². The van der Waals surface area contributed by atoms with Gasteiger partial charge in [0.25, 0.3) is 5.91 Å². The number of benzene rings is 2. The van der Waals surface area contributed by atoms with E-state index in [1.807, 2.05) is 47.1 Å². The molecular formula is C20H16N4O2S. The number of fused-ring (bicyclic) bond motifs is 1. The number of nitrogens with zero attached hydrogens (tertiary/aromatic N) is 3. The van der Waals surface area contributed by atoms with Gasteiger partial charge in [-0.3, -0.25) is 13.4 Å². The predicted octanol–water partition coefficient (Wildman–Crippen LogP) is 3.39. The smallest absolute Gasteiger partial charge is 0.255 e. The van der Waals surface area contributed by atoms with Gasteiger partial charge in [-0.2, -0.15) is 0 Å². The van der Waals surface area contributed by atoms with Gasteiger partial charge in [-0.15, -0.1) is 0 Å². The summed E-state index contributed by atoms with van der Waals surface area (Å²) in [7, 11) is -1.06. The first-order chi connectivity index (χ1) is 13.1. The van der Waals surface area contributed by atoms with Crippen molar-refractivity contribution in [2.45, 2.75) is 4.90 Å². The third-order valence-corrected chi connectivity index (χ3v) is 5.06. The Bertz CT molecular complexity index is 1100. The SMILES string of the molecule is C[S@](=O)c1ccc(C(=O)Nc2ccc(-c3cn4cccnc4n3)cc2)cc1. The zero-order valence-corrected chi connectivity index (χ0v) is 15.3. The summed E-state index contributed by atoms with van der Waals surface area (Å²) in [6.45, 7) is 0. The van der Waals surface area contributed by atoms with E-state index >= 15 is 0 Å². The van der Waals surface area contributed by atoms with Gasteiger partial charge in [0.05, 0.1) is 5.69 Å². The predicted molar refractivity (Wildman–Crippen MR) is 105 cm³/mol. The molecule has 0 saturated heterocycles. The Labute approximate surface area is 158 Å². The number of carbonyl (C=O) groups is 1. The summed E-state index contributed by atoms with van der Waals surface area (Å²) in [5.74, 6) is 0.425. The first kappa shape index (κ1) is 17.1. The van der Waals surface area contributed by atoms with E-state index in [1.165, 1.54) is 0 Å². The monoisotopic (exact) mass is 376 g/mol. The summed E-state index contributed by atoms with van der Waals surface area (Å²) in [6.07, 6.45) is 7.12. The van der Waals surface area contributed by atoms with Gasteiger partial charge in [-0.25, -0.2) is 9.97 Å². The topological polar surface area (TPSA) is 76.4 Å². The van der Waals surface area contributed by atoms with Crippen LogP contribution in [0, 0.1) is 0 Å². The van der Waals surface area contributed by atoms with E-state index in [1.54, 1.807) is 36.7 Å². The molecule has 1 amide bonds. The number of imidazole rings is 1. The number of hydrogen-bond donors (Lipinski definition) is 1. The van der Waals surface area contributed by atoms with Crippen molar-refractivity contribution >= 4 is 28.2 Å². The Morgan fingerprint density at radius 1 is 1.07 bits per heavy atom. The van der Waals surface area contributed by atoms with Crippen molar-refractivity contribution < 1.29 is 9.00 Å². The maximum atomic E-state index is 12.4. The van der Waals surface area contributed by atoms with E-state index in [2.05, 4.69) is 15.3 Å². The van der Waals surface area contributed by atoms with Crippen molar-refractivity contribution in [3.63, 3.8) is 0 Å². The fraction of sp³-hybridized carbons (Fsp3) is 0.0500. The second-order valence-corrected chi connectivity index (χ2v) is 7.34. The van der Waals surface area contributed by atoms with Crippen LogP contribution in [0.4, 0.5) is 5.69 Å². The highest BCUT2D eigenvalue weighted by atomic mass is 32.2. The molecule has 4 aromatic rings. The third-order valence-electron chi connectivity index (χ3n) is 4.12. The van der Waals surface area contributed by atoms with Gasteiger partial charge < -0.3 is 5.32 Å². The second kappa shape index (κ2) is 7.13. The lowest BCUT2D eigenvalue weighted by Crippen LogP contribution is -2.11. The Hall–Kier alpha value is -3.32. The van der Waals surface area contributed by atoms with E-state index in [4.69, 9.17) is 0 Å². The molecule has 0 radical (unpaired) electrons. The van der Waals surface area contributed by atoms with Gasteiger partial charge in [0, 0.05) is 57.4 Å². The van der Waals surface area contributed by atoms with Gasteiger partial charge >= 0.3 is 0 Å². The summed E-state index contributed by atoms with van der Waals surface area (Å²) in [6, 6.07) is 16.1. The van der Waals surface area contributed by atoms with Crippen LogP contribution < -0.4 is 5.32 Å². The number of rotatable bonds is 4. The van der Waals surface area contributed by atoms with Gasteiger partial charge in [0.15, 0.2) is 0 Å². The number of hydrogen-bond acceptors (Lipinski definition) is 4. The molecule has 1 atom stereocenters. The van der Waals surface area contributed by atoms with Crippen molar-refractivity contribution in [2.75, 3.05) is 11.6 Å². The van der Waals surface area contributed by atoms with Crippen LogP contribution in [0.15, 0.2) is 78.1 Å². The second-order valence-electron chi connectivity index (χ2n) is 5.96. The number of nitrogens with one attached hydrogen (secondary N) is 1. The molecule has 6 nitrogen and oxygen atoms in total. The molecule has 0 aliphatic carbocycles. The van der Waals surface area contributed by atoms with Crippen molar-refractivity contribution in [1.29, 1.82) is 0 Å². The van der Waals surface area contributed by atoms with Crippen LogP contribution in [0.1, 0.15) is 10.4 Å². The van der Waals surface area contributed by atoms with Crippen LogP contribution in [0.5, 0.6) is 0 Å². The van der Waals surface area contributed by atoms with E-state index in [9.17, 15) is 9.00 Å². The molecule has 1 N–H and O–H groups in total. The molecule has 4 rings (SSSR count). The minimum absolute atomic E-state index is 0.215. The largest absolute Gasteiger partial charge is 0.322 e. The Kier molecular flexibility index (Phi) is 4.52. The fourth-order valence-electron chi connectivity index (χ4n) is 2.69. The maximum absolute atomic E-state index is 12.4. The van der Waals surface area contributed by atoms with Crippen molar-refractivity contribution in [2.24, 2.45) is 0 Å². The molecule has 2 heterocycles. The van der Waals surface area contributed by atoms with E-state index in [0.717, 1.165) is 11.3 Å². The average Bonchev–Trinajstić information content (AvgIpc) is 3.13. The highest BCUT2D eigenvalue weighted by Gasteiger charge is 2.08. The van der Waals surface area contributed by atoms with E-state index < -0.39 is 10.8 Å². The third kappa shape index (κ3) is 3.63. The van der Waals surface area contributed by atoms with Gasteiger partial charge in [-0.05, 0) is 42.5 Å². The molecule has 7 heteroatoms. The highest BCUT2D eigenvalue weighted by Crippen LogP contribution is 2.21. The minimum atomic E-state index is -1.06. The van der Waals surface area contributed by atoms with Gasteiger partial charge in [-0.1, -0.05) is 12.1 Å². The molecule has 134 valence electrons. The summed E-state index contributed by atoms with van der Waals surface area (Å²) in [5, 5.41) is 2.86. The lowest BCUT2D eigenvalue weighted by Gasteiger charge is -2.06. The van der Waals surface area contributed by atoms with Crippen LogP contribution in [0.3, 0.4) is 0 Å². The van der Waals surface area contributed by atoms with Crippen molar-refractivity contribution in [1.82, 2.24) is 14.4 Å². The number of aromatic nitrogens is 3. The zero-order chi connectivity index (χ0) is 18.8. The normalized spacial score (nSPS) is 12.0. The summed E-state index contributed by atoms with van der Waals surface area (Å²) in [4.78, 5) is 21.7. The molecule has 0 bridgehead atoms.